The third-order valence-electron chi connectivity index (χ3n) is 2.61. The van der Waals surface area contributed by atoms with E-state index in [9.17, 15) is 0 Å². The third kappa shape index (κ3) is 1.36. The van der Waals surface area contributed by atoms with Crippen LogP contribution in [0, 0.1) is 0 Å². The zero-order valence-electron chi connectivity index (χ0n) is 8.14. The number of aromatic nitrogens is 1. The monoisotopic (exact) mass is 246 g/mol. The van der Waals surface area contributed by atoms with E-state index in [1.807, 2.05) is 17.5 Å². The third-order valence-corrected chi connectivity index (χ3v) is 3.39. The van der Waals surface area contributed by atoms with Crippen LogP contribution >= 0.6 is 11.3 Å². The van der Waals surface area contributed by atoms with Crippen molar-refractivity contribution < 1.29 is 9.47 Å². The van der Waals surface area contributed by atoms with Gasteiger partial charge in [-0.2, -0.15) is 0 Å². The molecule has 0 amide bonds. The Labute approximate surface area is 103 Å². The molecule has 0 fully saturated rings. The van der Waals surface area contributed by atoms with E-state index in [2.05, 4.69) is 9.98 Å². The maximum Gasteiger partial charge on any atom is 0.231 e. The highest BCUT2D eigenvalue weighted by atomic mass is 32.1. The molecule has 0 N–H and O–H groups in total. The Hall–Kier alpha value is -1.88. The molecule has 0 saturated carbocycles. The van der Waals surface area contributed by atoms with Crippen LogP contribution in [-0.4, -0.2) is 17.5 Å². The smallest absolute Gasteiger partial charge is 0.231 e. The van der Waals surface area contributed by atoms with Crippen molar-refractivity contribution in [1.82, 2.24) is 4.98 Å². The minimum atomic E-state index is 0. The lowest BCUT2D eigenvalue weighted by molar-refractivity contribution is 0.174. The number of hydrogen-bond acceptors (Lipinski definition) is 5. The Morgan fingerprint density at radius 3 is 2.76 bits per heavy atom. The maximum atomic E-state index is 5.34. The van der Waals surface area contributed by atoms with E-state index in [4.69, 9.17) is 9.47 Å². The molecule has 0 atom stereocenters. The average molecular weight is 246 g/mol. The van der Waals surface area contributed by atoms with Crippen molar-refractivity contribution >= 4 is 22.7 Å². The summed E-state index contributed by atoms with van der Waals surface area (Å²) in [6.07, 6.45) is 1.79. The number of ether oxygens (including phenoxy) is 2. The minimum absolute atomic E-state index is 0. The number of rotatable bonds is 1. The van der Waals surface area contributed by atoms with E-state index in [-0.39, 0.29) is 7.43 Å². The fourth-order valence-corrected chi connectivity index (χ4v) is 2.48. The number of fused-ring (bicyclic) bond motifs is 2. The van der Waals surface area contributed by atoms with Gasteiger partial charge in [0, 0.05) is 23.2 Å². The summed E-state index contributed by atoms with van der Waals surface area (Å²) >= 11 is 1.59. The molecule has 3 heterocycles. The number of thiazole rings is 1. The predicted octanol–water partition coefficient (Wildman–Crippen LogP) is 2.99. The molecular formula is C12H10N2O2S. The Bertz CT molecular complexity index is 605. The van der Waals surface area contributed by atoms with Crippen LogP contribution in [0.2, 0.25) is 0 Å². The van der Waals surface area contributed by atoms with Gasteiger partial charge in [0.05, 0.1) is 5.69 Å². The van der Waals surface area contributed by atoms with E-state index in [0.29, 0.717) is 6.79 Å². The first-order valence-electron chi connectivity index (χ1n) is 4.84. The SMILES string of the molecule is C.c1csc(C2=Nc3cc4c(cc32)OCO4)n1. The van der Waals surface area contributed by atoms with Gasteiger partial charge in [0.2, 0.25) is 6.79 Å². The molecule has 1 aromatic heterocycles. The lowest BCUT2D eigenvalue weighted by Crippen LogP contribution is -2.10. The van der Waals surface area contributed by atoms with E-state index in [0.717, 1.165) is 33.5 Å². The molecule has 4 rings (SSSR count). The van der Waals surface area contributed by atoms with Gasteiger partial charge in [0.15, 0.2) is 11.5 Å². The molecule has 17 heavy (non-hydrogen) atoms. The second-order valence-corrected chi connectivity index (χ2v) is 4.41. The number of hydrogen-bond donors (Lipinski definition) is 0. The second-order valence-electron chi connectivity index (χ2n) is 3.52. The Morgan fingerprint density at radius 1 is 1.18 bits per heavy atom. The van der Waals surface area contributed by atoms with E-state index < -0.39 is 0 Å². The molecule has 2 aliphatic heterocycles. The van der Waals surface area contributed by atoms with Gasteiger partial charge >= 0.3 is 0 Å². The summed E-state index contributed by atoms with van der Waals surface area (Å²) in [6, 6.07) is 3.89. The summed E-state index contributed by atoms with van der Waals surface area (Å²) in [4.78, 5) is 8.68. The molecule has 2 aliphatic rings. The van der Waals surface area contributed by atoms with Gasteiger partial charge in [-0.3, -0.25) is 0 Å². The summed E-state index contributed by atoms with van der Waals surface area (Å²) in [6.45, 7) is 0.296. The van der Waals surface area contributed by atoms with Gasteiger partial charge < -0.3 is 9.47 Å². The zero-order valence-corrected chi connectivity index (χ0v) is 8.95. The highest BCUT2D eigenvalue weighted by Gasteiger charge is 2.27. The van der Waals surface area contributed by atoms with Crippen LogP contribution in [0.1, 0.15) is 18.0 Å². The zero-order chi connectivity index (χ0) is 10.5. The van der Waals surface area contributed by atoms with Crippen LogP contribution in [0.15, 0.2) is 28.7 Å². The second kappa shape index (κ2) is 3.56. The molecule has 86 valence electrons. The summed E-state index contributed by atoms with van der Waals surface area (Å²) < 4.78 is 10.6. The lowest BCUT2D eigenvalue weighted by atomic mass is 10.0. The Morgan fingerprint density at radius 2 is 2.00 bits per heavy atom. The van der Waals surface area contributed by atoms with E-state index >= 15 is 0 Å². The Balaban J connectivity index is 0.000000902. The summed E-state index contributed by atoms with van der Waals surface area (Å²) in [5.74, 6) is 1.57. The lowest BCUT2D eigenvalue weighted by Gasteiger charge is -2.16. The summed E-state index contributed by atoms with van der Waals surface area (Å²) in [7, 11) is 0. The van der Waals surface area contributed by atoms with Gasteiger partial charge in [-0.1, -0.05) is 7.43 Å². The fraction of sp³-hybridized carbons (Fsp3) is 0.167. The largest absolute Gasteiger partial charge is 0.454 e. The topological polar surface area (TPSA) is 43.7 Å². The van der Waals surface area contributed by atoms with Gasteiger partial charge in [0.25, 0.3) is 0 Å². The molecule has 5 heteroatoms. The first kappa shape index (κ1) is 10.3. The first-order valence-corrected chi connectivity index (χ1v) is 5.72. The standard InChI is InChI=1S/C11H6N2O2S.CH4/c1-2-16-11(12-1)10-6-3-8-9(15-5-14-8)4-7(6)13-10;/h1-4H,5H2;1H4. The molecule has 0 aliphatic carbocycles. The molecule has 0 bridgehead atoms. The van der Waals surface area contributed by atoms with Crippen LogP contribution in [-0.2, 0) is 0 Å². The predicted molar refractivity (Wildman–Crippen MR) is 66.7 cm³/mol. The molecule has 0 radical (unpaired) electrons. The minimum Gasteiger partial charge on any atom is -0.454 e. The van der Waals surface area contributed by atoms with Gasteiger partial charge in [-0.25, -0.2) is 9.98 Å². The van der Waals surface area contributed by atoms with Gasteiger partial charge in [-0.05, 0) is 6.07 Å². The van der Waals surface area contributed by atoms with Crippen LogP contribution in [0.25, 0.3) is 0 Å². The number of benzene rings is 1. The van der Waals surface area contributed by atoms with Gasteiger partial charge in [0.1, 0.15) is 10.7 Å². The molecular weight excluding hydrogens is 236 g/mol. The molecule has 0 spiro atoms. The molecule has 2 aromatic rings. The van der Waals surface area contributed by atoms with Crippen molar-refractivity contribution in [3.63, 3.8) is 0 Å². The van der Waals surface area contributed by atoms with Crippen molar-refractivity contribution in [3.05, 3.63) is 34.3 Å². The maximum absolute atomic E-state index is 5.34. The number of nitrogens with zero attached hydrogens (tertiary/aromatic N) is 2. The summed E-state index contributed by atoms with van der Waals surface area (Å²) in [5.41, 5.74) is 3.00. The Kier molecular flexibility index (Phi) is 2.16. The molecule has 0 unspecified atom stereocenters. The van der Waals surface area contributed by atoms with Crippen LogP contribution < -0.4 is 9.47 Å². The normalized spacial score (nSPS) is 14.5. The van der Waals surface area contributed by atoms with Crippen molar-refractivity contribution in [2.45, 2.75) is 7.43 Å². The van der Waals surface area contributed by atoms with Crippen molar-refractivity contribution in [1.29, 1.82) is 0 Å². The first-order chi connectivity index (χ1) is 7.92. The highest BCUT2D eigenvalue weighted by molar-refractivity contribution is 7.12. The van der Waals surface area contributed by atoms with Crippen molar-refractivity contribution in [3.8, 4) is 11.5 Å². The van der Waals surface area contributed by atoms with Gasteiger partial charge in [-0.15, -0.1) is 11.3 Å². The van der Waals surface area contributed by atoms with Crippen LogP contribution in [0.5, 0.6) is 11.5 Å². The van der Waals surface area contributed by atoms with Crippen molar-refractivity contribution in [2.75, 3.05) is 6.79 Å². The van der Waals surface area contributed by atoms with Crippen molar-refractivity contribution in [2.24, 2.45) is 4.99 Å². The average Bonchev–Trinajstić information content (AvgIpc) is 2.91. The summed E-state index contributed by atoms with van der Waals surface area (Å²) in [5, 5.41) is 2.90. The van der Waals surface area contributed by atoms with E-state index in [1.54, 1.807) is 17.5 Å². The highest BCUT2D eigenvalue weighted by Crippen LogP contribution is 2.43. The quantitative estimate of drug-likeness (QED) is 0.663. The van der Waals surface area contributed by atoms with Crippen LogP contribution in [0.3, 0.4) is 0 Å². The fourth-order valence-electron chi connectivity index (χ4n) is 1.84. The van der Waals surface area contributed by atoms with Crippen LogP contribution in [0.4, 0.5) is 5.69 Å². The number of aliphatic imine (C=N–C) groups is 1. The molecule has 1 aromatic carbocycles. The van der Waals surface area contributed by atoms with E-state index in [1.165, 1.54) is 0 Å². The molecule has 4 nitrogen and oxygen atoms in total. The molecule has 0 saturated heterocycles.